The van der Waals surface area contributed by atoms with E-state index in [0.717, 1.165) is 5.92 Å². The minimum absolute atomic E-state index is 0.935. The molecule has 0 aliphatic heterocycles. The molecular formula is C9H8. The molecule has 0 amide bonds. The Hall–Kier alpha value is -0.780. The van der Waals surface area contributed by atoms with Crippen LogP contribution in [0.15, 0.2) is 18.2 Å². The Morgan fingerprint density at radius 3 is 3.11 bits per heavy atom. The quantitative estimate of drug-likeness (QED) is 0.485. The number of benzene rings is 1. The molecule has 9 heavy (non-hydrogen) atoms. The lowest BCUT2D eigenvalue weighted by Crippen LogP contribution is -2.12. The zero-order valence-electron chi connectivity index (χ0n) is 5.22. The monoisotopic (exact) mass is 116 g/mol. The summed E-state index contributed by atoms with van der Waals surface area (Å²) in [6.45, 7) is 0. The molecule has 0 N–H and O–H groups in total. The fourth-order valence-corrected chi connectivity index (χ4v) is 2.05. The second kappa shape index (κ2) is 1.06. The first-order valence-corrected chi connectivity index (χ1v) is 3.55. The molecule has 0 aromatic heterocycles. The maximum Gasteiger partial charge on any atom is -0.00781 e. The van der Waals surface area contributed by atoms with Crippen LogP contribution in [0.25, 0.3) is 0 Å². The summed E-state index contributed by atoms with van der Waals surface area (Å²) in [5, 5.41) is 0. The molecule has 0 nitrogen and oxygen atoms in total. The molecule has 0 saturated heterocycles. The normalized spacial score (nSPS) is 26.0. The molecule has 3 rings (SSSR count). The van der Waals surface area contributed by atoms with Crippen molar-refractivity contribution in [3.8, 4) is 0 Å². The third kappa shape index (κ3) is 0.335. The van der Waals surface area contributed by atoms with Crippen molar-refractivity contribution in [2.75, 3.05) is 0 Å². The summed E-state index contributed by atoms with van der Waals surface area (Å²) in [5.74, 6) is 0.935. The van der Waals surface area contributed by atoms with Gasteiger partial charge in [0.15, 0.2) is 0 Å². The molecule has 1 atom stereocenters. The molecule has 0 heteroatoms. The first kappa shape index (κ1) is 4.10. The van der Waals surface area contributed by atoms with E-state index < -0.39 is 0 Å². The number of rotatable bonds is 0. The molecule has 0 heterocycles. The Morgan fingerprint density at radius 2 is 2.22 bits per heavy atom. The third-order valence-electron chi connectivity index (χ3n) is 2.60. The summed E-state index contributed by atoms with van der Waals surface area (Å²) in [6, 6.07) is 6.92. The summed E-state index contributed by atoms with van der Waals surface area (Å²) in [7, 11) is 0. The average molecular weight is 116 g/mol. The first-order chi connectivity index (χ1) is 4.43. The summed E-state index contributed by atoms with van der Waals surface area (Å²) in [4.78, 5) is 0. The number of fused-ring (bicyclic) bond motifs is 1. The maximum absolute atomic E-state index is 2.36. The largest absolute Gasteiger partial charge is 0.0587 e. The summed E-state index contributed by atoms with van der Waals surface area (Å²) >= 11 is 0. The van der Waals surface area contributed by atoms with Crippen LogP contribution in [0, 0.1) is 0 Å². The molecular weight excluding hydrogens is 108 g/mol. The Balaban J connectivity index is 2.45. The van der Waals surface area contributed by atoms with Gasteiger partial charge < -0.3 is 0 Å². The van der Waals surface area contributed by atoms with Crippen LogP contribution in [0.4, 0.5) is 0 Å². The van der Waals surface area contributed by atoms with E-state index in [9.17, 15) is 0 Å². The minimum Gasteiger partial charge on any atom is -0.0587 e. The van der Waals surface area contributed by atoms with Crippen molar-refractivity contribution in [1.29, 1.82) is 0 Å². The van der Waals surface area contributed by atoms with Gasteiger partial charge in [0.05, 0.1) is 0 Å². The van der Waals surface area contributed by atoms with Gasteiger partial charge in [-0.2, -0.15) is 0 Å². The van der Waals surface area contributed by atoms with Crippen LogP contribution in [-0.2, 0) is 12.8 Å². The van der Waals surface area contributed by atoms with Crippen LogP contribution in [0.3, 0.4) is 0 Å². The van der Waals surface area contributed by atoms with Gasteiger partial charge in [0.25, 0.3) is 0 Å². The van der Waals surface area contributed by atoms with Crippen molar-refractivity contribution >= 4 is 0 Å². The van der Waals surface area contributed by atoms with Crippen molar-refractivity contribution in [2.24, 2.45) is 0 Å². The van der Waals surface area contributed by atoms with Gasteiger partial charge in [-0.05, 0) is 35.4 Å². The lowest BCUT2D eigenvalue weighted by molar-refractivity contribution is 0.640. The van der Waals surface area contributed by atoms with Crippen LogP contribution >= 0.6 is 0 Å². The van der Waals surface area contributed by atoms with E-state index in [4.69, 9.17) is 0 Å². The summed E-state index contributed by atoms with van der Waals surface area (Å²) in [6.07, 6.45) is 2.68. The molecule has 2 bridgehead atoms. The highest BCUT2D eigenvalue weighted by Crippen LogP contribution is 2.43. The Kier molecular flexibility index (Phi) is 0.484. The SMILES string of the molecule is c1cc2c3cc1CC3C2. The van der Waals surface area contributed by atoms with E-state index in [1.165, 1.54) is 12.8 Å². The van der Waals surface area contributed by atoms with Gasteiger partial charge in [-0.15, -0.1) is 0 Å². The molecule has 2 aliphatic carbocycles. The van der Waals surface area contributed by atoms with Gasteiger partial charge in [-0.25, -0.2) is 0 Å². The highest BCUT2D eigenvalue weighted by Gasteiger charge is 2.30. The maximum atomic E-state index is 2.36. The Morgan fingerprint density at radius 1 is 1.22 bits per heavy atom. The minimum atomic E-state index is 0.935. The van der Waals surface area contributed by atoms with Crippen LogP contribution in [0.5, 0.6) is 0 Å². The number of hydrogen-bond donors (Lipinski definition) is 0. The van der Waals surface area contributed by atoms with Gasteiger partial charge in [0.1, 0.15) is 0 Å². The third-order valence-corrected chi connectivity index (χ3v) is 2.60. The van der Waals surface area contributed by atoms with E-state index in [-0.39, 0.29) is 0 Å². The van der Waals surface area contributed by atoms with Gasteiger partial charge in [-0.1, -0.05) is 18.2 Å². The fourth-order valence-electron chi connectivity index (χ4n) is 2.05. The zero-order chi connectivity index (χ0) is 5.84. The Labute approximate surface area is 54.5 Å². The molecule has 0 fully saturated rings. The van der Waals surface area contributed by atoms with Gasteiger partial charge in [-0.3, -0.25) is 0 Å². The van der Waals surface area contributed by atoms with E-state index in [1.807, 2.05) is 0 Å². The smallest absolute Gasteiger partial charge is 0.00781 e. The van der Waals surface area contributed by atoms with Crippen molar-refractivity contribution in [2.45, 2.75) is 18.8 Å². The van der Waals surface area contributed by atoms with E-state index >= 15 is 0 Å². The summed E-state index contributed by atoms with van der Waals surface area (Å²) in [5.41, 5.74) is 4.80. The average Bonchev–Trinajstić information content (AvgIpc) is 2.04. The van der Waals surface area contributed by atoms with Crippen LogP contribution in [0.2, 0.25) is 0 Å². The van der Waals surface area contributed by atoms with Crippen molar-refractivity contribution in [3.63, 3.8) is 0 Å². The topological polar surface area (TPSA) is 0 Å². The molecule has 0 saturated carbocycles. The second-order valence-corrected chi connectivity index (χ2v) is 3.14. The Bertz CT molecular complexity index is 273. The molecule has 1 unspecified atom stereocenters. The van der Waals surface area contributed by atoms with Gasteiger partial charge in [0, 0.05) is 0 Å². The van der Waals surface area contributed by atoms with E-state index in [0.29, 0.717) is 0 Å². The van der Waals surface area contributed by atoms with Gasteiger partial charge >= 0.3 is 0 Å². The van der Waals surface area contributed by atoms with E-state index in [1.54, 1.807) is 16.7 Å². The van der Waals surface area contributed by atoms with Crippen molar-refractivity contribution < 1.29 is 0 Å². The summed E-state index contributed by atoms with van der Waals surface area (Å²) < 4.78 is 0. The lowest BCUT2D eigenvalue weighted by Gasteiger charge is -2.22. The molecule has 1 aromatic carbocycles. The molecule has 44 valence electrons. The molecule has 0 radical (unpaired) electrons. The van der Waals surface area contributed by atoms with Crippen molar-refractivity contribution in [1.82, 2.24) is 0 Å². The van der Waals surface area contributed by atoms with E-state index in [2.05, 4.69) is 18.2 Å². The van der Waals surface area contributed by atoms with Crippen LogP contribution in [0.1, 0.15) is 22.6 Å². The second-order valence-electron chi connectivity index (χ2n) is 3.14. The van der Waals surface area contributed by atoms with Crippen LogP contribution < -0.4 is 0 Å². The molecule has 0 spiro atoms. The molecule has 1 aromatic rings. The lowest BCUT2D eigenvalue weighted by atomic mass is 9.81. The fraction of sp³-hybridized carbons (Fsp3) is 0.333. The first-order valence-electron chi connectivity index (χ1n) is 3.55. The van der Waals surface area contributed by atoms with Crippen LogP contribution in [-0.4, -0.2) is 0 Å². The zero-order valence-corrected chi connectivity index (χ0v) is 5.22. The highest BCUT2D eigenvalue weighted by molar-refractivity contribution is 5.48. The standard InChI is InChI=1S/C9H8/c1-2-7-5-8-3-6(1)4-9(7)8/h1-2,4,8H,3,5H2. The highest BCUT2D eigenvalue weighted by atomic mass is 14.3. The predicted octanol–water partition coefficient (Wildman–Crippen LogP) is 1.88. The molecule has 2 aliphatic rings. The van der Waals surface area contributed by atoms with Crippen molar-refractivity contribution in [3.05, 3.63) is 34.9 Å². The number of hydrogen-bond acceptors (Lipinski definition) is 0. The predicted molar refractivity (Wildman–Crippen MR) is 36.6 cm³/mol. The van der Waals surface area contributed by atoms with Gasteiger partial charge in [0.2, 0.25) is 0 Å².